The molecule has 0 aliphatic carbocycles. The van der Waals surface area contributed by atoms with Crippen LogP contribution < -0.4 is 16.0 Å². The second-order valence-electron chi connectivity index (χ2n) is 11.2. The van der Waals surface area contributed by atoms with Gasteiger partial charge in [-0.2, -0.15) is 0 Å². The molecule has 0 unspecified atom stereocenters. The van der Waals surface area contributed by atoms with E-state index in [-0.39, 0.29) is 39.5 Å². The van der Waals surface area contributed by atoms with E-state index in [0.717, 1.165) is 32.7 Å². The number of nitrogens with two attached hydrogens (primary N) is 2. The lowest BCUT2D eigenvalue weighted by molar-refractivity contribution is -0.687. The molecule has 0 saturated carbocycles. The van der Waals surface area contributed by atoms with Gasteiger partial charge in [0.25, 0.3) is 0 Å². The highest BCUT2D eigenvalue weighted by Crippen LogP contribution is 2.45. The van der Waals surface area contributed by atoms with Gasteiger partial charge in [-0.05, 0) is 12.1 Å². The number of Topliss-reactive ketones (excluding diaryl/α,β-unsaturated/α-hetero) is 1. The van der Waals surface area contributed by atoms with Crippen molar-refractivity contribution < 1.29 is 28.9 Å². The van der Waals surface area contributed by atoms with Gasteiger partial charge in [0.05, 0.1) is 28.7 Å². The number of carbonyl (C=O) groups is 3. The highest BCUT2D eigenvalue weighted by Gasteiger charge is 2.54. The summed E-state index contributed by atoms with van der Waals surface area (Å²) in [5, 5.41) is 19.1. The normalized spacial score (nSPS) is 18.0. The molecule has 1 amide bonds. The number of carbonyl (C=O) groups excluding carboxylic acids is 2. The number of nitrogen functional groups attached to an aromatic ring is 1. The van der Waals surface area contributed by atoms with Crippen molar-refractivity contribution >= 4 is 108 Å². The number of aromatic nitrogens is 4. The lowest BCUT2D eigenvalue weighted by atomic mass is 9.89. The number of thioether (sulfide) groups is 1. The topological polar surface area (TPSA) is 195 Å². The van der Waals surface area contributed by atoms with Crippen LogP contribution in [0, 0.1) is 5.92 Å². The largest absolute Gasteiger partial charge is 0.477 e. The van der Waals surface area contributed by atoms with Crippen molar-refractivity contribution in [1.29, 1.82) is 0 Å². The molecule has 1 fully saturated rings. The third-order valence-corrected chi connectivity index (χ3v) is 12.2. The molecule has 0 spiro atoms. The summed E-state index contributed by atoms with van der Waals surface area (Å²) in [7, 11) is 1.28. The number of rotatable bonds is 12. The van der Waals surface area contributed by atoms with Gasteiger partial charge in [-0.1, -0.05) is 28.1 Å². The zero-order valence-electron chi connectivity index (χ0n) is 26.1. The average molecular weight is 769 g/mol. The summed E-state index contributed by atoms with van der Waals surface area (Å²) < 4.78 is 4.21. The van der Waals surface area contributed by atoms with E-state index in [0.29, 0.717) is 28.8 Å². The van der Waals surface area contributed by atoms with Crippen molar-refractivity contribution in [3.63, 3.8) is 0 Å². The van der Waals surface area contributed by atoms with Crippen LogP contribution in [0.4, 0.5) is 10.3 Å². The number of amidine groups is 1. The first-order valence-corrected chi connectivity index (χ1v) is 18.9. The van der Waals surface area contributed by atoms with Gasteiger partial charge in [0.1, 0.15) is 28.7 Å². The summed E-state index contributed by atoms with van der Waals surface area (Å²) in [6.07, 6.45) is 7.33. The highest BCUT2D eigenvalue weighted by atomic mass is 35.5. The third-order valence-electron chi connectivity index (χ3n) is 8.09. The molecule has 50 heavy (non-hydrogen) atoms. The van der Waals surface area contributed by atoms with Crippen molar-refractivity contribution in [2.45, 2.75) is 24.9 Å². The van der Waals surface area contributed by atoms with Gasteiger partial charge in [0.15, 0.2) is 35.6 Å². The fraction of sp³-hybridized carbons (Fsp3) is 0.226. The summed E-state index contributed by atoms with van der Waals surface area (Å²) in [4.78, 5) is 59.0. The van der Waals surface area contributed by atoms with E-state index < -0.39 is 29.0 Å². The number of ketones is 1. The molecule has 5 aromatic rings. The standard InChI is InChI=1S/C31H26ClN9O5S4/c1-46-38-22(23-25(32)50-30(34)36-23)21(42)9-19-27(43)41-24(29(44)45)17(14-49-28(19)41)11-39-5-3-20-15(10-39)2-6-40(20)12-18-8-16(13-48-18)26(33)37-31-35-4-7-47-31/h2-8,10,13,19,28H,9,11-12,14H2,1H3,(H4-,33,34,35,36,37,44,45)/p+1/b38-22+/t19-,28-/m1/s1. The minimum Gasteiger partial charge on any atom is -0.477 e. The Morgan fingerprint density at radius 1 is 1.28 bits per heavy atom. The summed E-state index contributed by atoms with van der Waals surface area (Å²) in [5.74, 6) is -2.11. The van der Waals surface area contributed by atoms with Gasteiger partial charge in [-0.3, -0.25) is 14.5 Å². The molecule has 0 radical (unpaired) electrons. The summed E-state index contributed by atoms with van der Waals surface area (Å²) in [6.45, 7) is 0.912. The number of thiazole rings is 2. The Morgan fingerprint density at radius 3 is 2.84 bits per heavy atom. The van der Waals surface area contributed by atoms with E-state index in [1.807, 2.05) is 52.1 Å². The number of hydrogen-bond acceptors (Lipinski definition) is 13. The number of amides is 1. The molecule has 0 aromatic carbocycles. The molecule has 2 aliphatic heterocycles. The number of carboxylic acids is 1. The zero-order chi connectivity index (χ0) is 35.1. The number of aliphatic imine (C=N–C) groups is 1. The minimum absolute atomic E-state index is 0.0557. The smallest absolute Gasteiger partial charge is 0.352 e. The quantitative estimate of drug-likeness (QED) is 0.0547. The lowest BCUT2D eigenvalue weighted by Gasteiger charge is -2.49. The van der Waals surface area contributed by atoms with Crippen LogP contribution in [0.3, 0.4) is 0 Å². The summed E-state index contributed by atoms with van der Waals surface area (Å²) in [6, 6.07) is 6.02. The van der Waals surface area contributed by atoms with Crippen molar-refractivity contribution in [1.82, 2.24) is 19.4 Å². The molecule has 0 bridgehead atoms. The highest BCUT2D eigenvalue weighted by molar-refractivity contribution is 8.00. The summed E-state index contributed by atoms with van der Waals surface area (Å²) in [5.41, 5.74) is 14.3. The number of thiophene rings is 1. The van der Waals surface area contributed by atoms with E-state index >= 15 is 0 Å². The second kappa shape index (κ2) is 13.9. The first-order valence-electron chi connectivity index (χ1n) is 14.9. The fourth-order valence-electron chi connectivity index (χ4n) is 5.87. The predicted octanol–water partition coefficient (Wildman–Crippen LogP) is 4.10. The number of oxime groups is 1. The van der Waals surface area contributed by atoms with Crippen LogP contribution in [0.2, 0.25) is 4.34 Å². The number of aliphatic carboxylic acids is 1. The fourth-order valence-corrected chi connectivity index (χ4v) is 9.59. The lowest BCUT2D eigenvalue weighted by Crippen LogP contribution is -2.62. The number of halogens is 1. The number of anilines is 1. The number of carboxylic acid groups (broad SMARTS) is 1. The van der Waals surface area contributed by atoms with Crippen LogP contribution in [-0.4, -0.2) is 72.0 Å². The Bertz CT molecular complexity index is 2240. The Hall–Kier alpha value is -4.62. The SMILES string of the molecule is CO/N=C(\C(=O)C[C@@H]1C(=O)N2C(C(=O)O)=C(C[n+]3ccc4c(ccn4Cc4cc(C(N)=Nc5nccs5)cs4)c3)CS[C@H]12)c1nc(N)sc1Cl. The molecule has 7 rings (SSSR count). The third kappa shape index (κ3) is 6.51. The maximum Gasteiger partial charge on any atom is 0.352 e. The van der Waals surface area contributed by atoms with Crippen LogP contribution in [-0.2, 0) is 32.3 Å². The van der Waals surface area contributed by atoms with Crippen LogP contribution in [0.15, 0.2) is 75.2 Å². The van der Waals surface area contributed by atoms with Crippen LogP contribution in [0.25, 0.3) is 10.9 Å². The van der Waals surface area contributed by atoms with Gasteiger partial charge in [-0.25, -0.2) is 24.3 Å². The van der Waals surface area contributed by atoms with Gasteiger partial charge < -0.3 is 26.0 Å². The molecule has 2 atom stereocenters. The Morgan fingerprint density at radius 2 is 2.12 bits per heavy atom. The van der Waals surface area contributed by atoms with Crippen molar-refractivity contribution in [2.75, 3.05) is 18.6 Å². The number of nitrogens with zero attached hydrogens (tertiary/aromatic N) is 7. The van der Waals surface area contributed by atoms with E-state index in [1.165, 1.54) is 35.1 Å². The van der Waals surface area contributed by atoms with Crippen LogP contribution in [0.1, 0.15) is 22.6 Å². The maximum absolute atomic E-state index is 13.4. The summed E-state index contributed by atoms with van der Waals surface area (Å²) >= 11 is 11.6. The first kappa shape index (κ1) is 33.9. The van der Waals surface area contributed by atoms with Crippen molar-refractivity contribution in [3.8, 4) is 0 Å². The Balaban J connectivity index is 1.05. The molecule has 1 saturated heterocycles. The Labute approximate surface area is 305 Å². The minimum atomic E-state index is -1.20. The Kier molecular flexibility index (Phi) is 9.44. The molecular formula is C31H27ClN9O5S4+. The number of hydrogen-bond donors (Lipinski definition) is 3. The molecule has 5 aromatic heterocycles. The number of β-lactam (4-membered cyclic amide) rings is 1. The van der Waals surface area contributed by atoms with Gasteiger partial charge in [-0.15, -0.1) is 34.4 Å². The van der Waals surface area contributed by atoms with Crippen LogP contribution >= 0.6 is 57.4 Å². The van der Waals surface area contributed by atoms with Crippen molar-refractivity contribution in [3.05, 3.63) is 85.5 Å². The van der Waals surface area contributed by atoms with Crippen LogP contribution in [0.5, 0.6) is 0 Å². The van der Waals surface area contributed by atoms with Gasteiger partial charge >= 0.3 is 5.97 Å². The molecule has 256 valence electrons. The number of fused-ring (bicyclic) bond motifs is 2. The van der Waals surface area contributed by atoms with E-state index in [9.17, 15) is 19.5 Å². The molecule has 7 heterocycles. The average Bonchev–Trinajstić information content (AvgIpc) is 3.91. The molecular weight excluding hydrogens is 742 g/mol. The van der Waals surface area contributed by atoms with E-state index in [2.05, 4.69) is 24.7 Å². The van der Waals surface area contributed by atoms with E-state index in [1.54, 1.807) is 17.5 Å². The molecule has 19 heteroatoms. The zero-order valence-corrected chi connectivity index (χ0v) is 30.1. The molecule has 14 nitrogen and oxygen atoms in total. The first-order chi connectivity index (χ1) is 24.1. The van der Waals surface area contributed by atoms with Gasteiger partial charge in [0, 0.05) is 57.4 Å². The van der Waals surface area contributed by atoms with E-state index in [4.69, 9.17) is 27.9 Å². The second-order valence-corrected chi connectivity index (χ2v) is 15.8. The maximum atomic E-state index is 13.4. The predicted molar refractivity (Wildman–Crippen MR) is 194 cm³/mol. The molecule has 2 aliphatic rings. The molecule has 5 N–H and O–H groups in total. The number of pyridine rings is 1. The monoisotopic (exact) mass is 768 g/mol. The van der Waals surface area contributed by atoms with Crippen molar-refractivity contribution in [2.24, 2.45) is 21.8 Å². The van der Waals surface area contributed by atoms with Gasteiger partial charge in [0.2, 0.25) is 11.0 Å².